The molecule has 0 aromatic rings. The molecule has 0 aliphatic rings. The van der Waals surface area contributed by atoms with Gasteiger partial charge in [0, 0.05) is 7.05 Å². The van der Waals surface area contributed by atoms with E-state index in [1.54, 1.807) is 0 Å². The van der Waals surface area contributed by atoms with Gasteiger partial charge in [-0.05, 0) is 25.9 Å². The van der Waals surface area contributed by atoms with Crippen LogP contribution >= 0.6 is 0 Å². The van der Waals surface area contributed by atoms with E-state index in [9.17, 15) is 0 Å². The van der Waals surface area contributed by atoms with Crippen molar-refractivity contribution >= 4 is 0 Å². The van der Waals surface area contributed by atoms with Gasteiger partial charge in [0.25, 0.3) is 0 Å². The summed E-state index contributed by atoms with van der Waals surface area (Å²) < 4.78 is 0. The number of nitrogens with zero attached hydrogens (tertiary/aromatic N) is 1. The summed E-state index contributed by atoms with van der Waals surface area (Å²) in [5, 5.41) is 0. The molecule has 0 saturated heterocycles. The van der Waals surface area contributed by atoms with Crippen LogP contribution in [0.5, 0.6) is 0 Å². The van der Waals surface area contributed by atoms with Gasteiger partial charge in [0.15, 0.2) is 0 Å². The van der Waals surface area contributed by atoms with Crippen LogP contribution in [0, 0.1) is 7.05 Å². The van der Waals surface area contributed by atoms with E-state index in [1.807, 2.05) is 0 Å². The quantitative estimate of drug-likeness (QED) is 0.512. The zero-order valence-corrected chi connectivity index (χ0v) is 8.10. The summed E-state index contributed by atoms with van der Waals surface area (Å²) in [6, 6.07) is 0. The van der Waals surface area contributed by atoms with Gasteiger partial charge in [-0.2, -0.15) is 0 Å². The smallest absolute Gasteiger partial charge is 0.0109 e. The minimum absolute atomic E-state index is 1.14. The number of unbranched alkanes of at least 4 members (excludes halogenated alkanes) is 3. The van der Waals surface area contributed by atoms with Gasteiger partial charge in [-0.1, -0.05) is 33.1 Å². The highest BCUT2D eigenvalue weighted by atomic mass is 15.1. The SMILES string of the molecule is [CH2]N(CCC)CCCCCC. The maximum atomic E-state index is 3.96. The van der Waals surface area contributed by atoms with Gasteiger partial charge in [-0.15, -0.1) is 0 Å². The minimum Gasteiger partial charge on any atom is -0.302 e. The maximum absolute atomic E-state index is 3.96. The Labute approximate surface area is 71.8 Å². The molecule has 0 aliphatic heterocycles. The highest BCUT2D eigenvalue weighted by Crippen LogP contribution is 2.00. The van der Waals surface area contributed by atoms with Gasteiger partial charge in [0.05, 0.1) is 0 Å². The number of hydrogen-bond donors (Lipinski definition) is 0. The van der Waals surface area contributed by atoms with Crippen LogP contribution in [0.15, 0.2) is 0 Å². The van der Waals surface area contributed by atoms with Gasteiger partial charge in [0.1, 0.15) is 0 Å². The maximum Gasteiger partial charge on any atom is 0.0109 e. The lowest BCUT2D eigenvalue weighted by atomic mass is 10.2. The van der Waals surface area contributed by atoms with Crippen molar-refractivity contribution in [3.8, 4) is 0 Å². The van der Waals surface area contributed by atoms with Crippen LogP contribution < -0.4 is 0 Å². The molecule has 11 heavy (non-hydrogen) atoms. The largest absolute Gasteiger partial charge is 0.302 e. The second-order valence-corrected chi connectivity index (χ2v) is 3.18. The van der Waals surface area contributed by atoms with Crippen molar-refractivity contribution in [3.63, 3.8) is 0 Å². The van der Waals surface area contributed by atoms with Crippen LogP contribution in [0.3, 0.4) is 0 Å². The molecule has 0 spiro atoms. The van der Waals surface area contributed by atoms with E-state index in [1.165, 1.54) is 38.6 Å². The fraction of sp³-hybridized carbons (Fsp3) is 0.900. The molecule has 0 rings (SSSR count). The molecule has 0 N–H and O–H groups in total. The van der Waals surface area contributed by atoms with Crippen LogP contribution in [-0.4, -0.2) is 18.0 Å². The van der Waals surface area contributed by atoms with Gasteiger partial charge < -0.3 is 4.90 Å². The van der Waals surface area contributed by atoms with Crippen molar-refractivity contribution in [3.05, 3.63) is 7.05 Å². The third-order valence-electron chi connectivity index (χ3n) is 1.87. The highest BCUT2D eigenvalue weighted by molar-refractivity contribution is 4.53. The Morgan fingerprint density at radius 1 is 0.909 bits per heavy atom. The van der Waals surface area contributed by atoms with E-state index in [0.29, 0.717) is 0 Å². The fourth-order valence-electron chi connectivity index (χ4n) is 1.19. The van der Waals surface area contributed by atoms with Crippen LogP contribution in [0.25, 0.3) is 0 Å². The lowest BCUT2D eigenvalue weighted by molar-refractivity contribution is 0.357. The minimum atomic E-state index is 1.14. The average molecular weight is 156 g/mol. The van der Waals surface area contributed by atoms with Crippen LogP contribution in [-0.2, 0) is 0 Å². The highest BCUT2D eigenvalue weighted by Gasteiger charge is 1.94. The molecule has 0 aromatic heterocycles. The predicted molar refractivity (Wildman–Crippen MR) is 51.4 cm³/mol. The first-order chi connectivity index (χ1) is 5.31. The van der Waals surface area contributed by atoms with Gasteiger partial charge in [-0.25, -0.2) is 0 Å². The van der Waals surface area contributed by atoms with E-state index in [2.05, 4.69) is 25.8 Å². The zero-order chi connectivity index (χ0) is 8.53. The molecule has 0 saturated carbocycles. The molecule has 0 fully saturated rings. The monoisotopic (exact) mass is 156 g/mol. The Balaban J connectivity index is 2.97. The lowest BCUT2D eigenvalue weighted by Crippen LogP contribution is -2.17. The summed E-state index contributed by atoms with van der Waals surface area (Å²) in [5.74, 6) is 0. The molecule has 0 heterocycles. The first kappa shape index (κ1) is 11.0. The van der Waals surface area contributed by atoms with E-state index in [0.717, 1.165) is 6.54 Å². The molecule has 0 aromatic carbocycles. The molecule has 67 valence electrons. The molecule has 1 radical (unpaired) electrons. The summed E-state index contributed by atoms with van der Waals surface area (Å²) >= 11 is 0. The Morgan fingerprint density at radius 3 is 2.18 bits per heavy atom. The van der Waals surface area contributed by atoms with Crippen LogP contribution in [0.2, 0.25) is 0 Å². The Kier molecular flexibility index (Phi) is 8.03. The van der Waals surface area contributed by atoms with E-state index in [4.69, 9.17) is 0 Å². The molecule has 0 unspecified atom stereocenters. The summed E-state index contributed by atoms with van der Waals surface area (Å²) in [7, 11) is 3.96. The van der Waals surface area contributed by atoms with E-state index in [-0.39, 0.29) is 0 Å². The third kappa shape index (κ3) is 7.86. The van der Waals surface area contributed by atoms with Crippen molar-refractivity contribution in [1.82, 2.24) is 4.90 Å². The second-order valence-electron chi connectivity index (χ2n) is 3.18. The standard InChI is InChI=1S/C10H22N/c1-4-6-7-8-10-11(3)9-5-2/h3-10H2,1-2H3. The molecule has 0 atom stereocenters. The number of hydrogen-bond acceptors (Lipinski definition) is 1. The average Bonchev–Trinajstić information content (AvgIpc) is 1.99. The fourth-order valence-corrected chi connectivity index (χ4v) is 1.19. The predicted octanol–water partition coefficient (Wildman–Crippen LogP) is 3.07. The normalized spacial score (nSPS) is 10.9. The first-order valence-corrected chi connectivity index (χ1v) is 4.86. The van der Waals surface area contributed by atoms with Crippen LogP contribution in [0.4, 0.5) is 0 Å². The molecule has 1 nitrogen and oxygen atoms in total. The zero-order valence-electron chi connectivity index (χ0n) is 8.10. The van der Waals surface area contributed by atoms with Crippen LogP contribution in [0.1, 0.15) is 46.0 Å². The van der Waals surface area contributed by atoms with Gasteiger partial charge in [-0.3, -0.25) is 0 Å². The Hall–Kier alpha value is -0.0400. The van der Waals surface area contributed by atoms with E-state index < -0.39 is 0 Å². The van der Waals surface area contributed by atoms with E-state index >= 15 is 0 Å². The summed E-state index contributed by atoms with van der Waals surface area (Å²) in [5.41, 5.74) is 0. The molecule has 0 aliphatic carbocycles. The lowest BCUT2D eigenvalue weighted by Gasteiger charge is -2.14. The summed E-state index contributed by atoms with van der Waals surface area (Å²) in [4.78, 5) is 2.18. The third-order valence-corrected chi connectivity index (χ3v) is 1.87. The van der Waals surface area contributed by atoms with Gasteiger partial charge in [0.2, 0.25) is 0 Å². The molecule has 1 heteroatoms. The topological polar surface area (TPSA) is 3.24 Å². The van der Waals surface area contributed by atoms with Crippen molar-refractivity contribution in [2.45, 2.75) is 46.0 Å². The molecule has 0 bridgehead atoms. The van der Waals surface area contributed by atoms with Crippen molar-refractivity contribution < 1.29 is 0 Å². The molecule has 0 amide bonds. The number of rotatable bonds is 7. The molecular formula is C10H22N. The van der Waals surface area contributed by atoms with Crippen molar-refractivity contribution in [1.29, 1.82) is 0 Å². The first-order valence-electron chi connectivity index (χ1n) is 4.86. The summed E-state index contributed by atoms with van der Waals surface area (Å²) in [6.07, 6.45) is 6.60. The Morgan fingerprint density at radius 2 is 1.64 bits per heavy atom. The Bertz CT molecular complexity index is 71.3. The summed E-state index contributed by atoms with van der Waals surface area (Å²) in [6.45, 7) is 6.76. The van der Waals surface area contributed by atoms with Gasteiger partial charge >= 0.3 is 0 Å². The van der Waals surface area contributed by atoms with Crippen molar-refractivity contribution in [2.24, 2.45) is 0 Å². The van der Waals surface area contributed by atoms with Crippen molar-refractivity contribution in [2.75, 3.05) is 13.1 Å². The molecular weight excluding hydrogens is 134 g/mol. The second kappa shape index (κ2) is 8.06.